The number of carbonyl (C=O) groups is 1. The highest BCUT2D eigenvalue weighted by Crippen LogP contribution is 2.28. The summed E-state index contributed by atoms with van der Waals surface area (Å²) >= 11 is 0. The molecule has 2 heterocycles. The molecule has 1 amide bonds. The van der Waals surface area contributed by atoms with Crippen LogP contribution in [0, 0.1) is 0 Å². The van der Waals surface area contributed by atoms with Crippen molar-refractivity contribution < 1.29 is 4.79 Å². The Bertz CT molecular complexity index is 310. The maximum atomic E-state index is 11.1. The number of nitrogens with zero attached hydrogens (tertiary/aromatic N) is 2. The maximum absolute atomic E-state index is 11.1. The molecule has 1 N–H and O–H groups in total. The van der Waals surface area contributed by atoms with Crippen LogP contribution in [0.2, 0.25) is 0 Å². The second kappa shape index (κ2) is 2.02. The Morgan fingerprint density at radius 3 is 3.18 bits per heavy atom. The average Bonchev–Trinajstić information content (AvgIpc) is 2.30. The number of hydrogen-bond acceptors (Lipinski definition) is 3. The van der Waals surface area contributed by atoms with Gasteiger partial charge in [0.2, 0.25) is 5.91 Å². The van der Waals surface area contributed by atoms with Gasteiger partial charge in [0.25, 0.3) is 0 Å². The van der Waals surface area contributed by atoms with Crippen molar-refractivity contribution in [1.82, 2.24) is 10.2 Å². The number of nitrogens with one attached hydrogen (secondary N) is 1. The number of amides is 1. The number of anilines is 1. The Hall–Kier alpha value is -1.45. The first-order valence-corrected chi connectivity index (χ1v) is 3.41. The zero-order valence-electron chi connectivity index (χ0n) is 6.03. The van der Waals surface area contributed by atoms with Crippen molar-refractivity contribution in [2.75, 3.05) is 5.32 Å². The fraction of sp³-hybridized carbons (Fsp3) is 0.286. The molecule has 0 spiro atoms. The van der Waals surface area contributed by atoms with Gasteiger partial charge in [0.05, 0.1) is 12.1 Å². The SMILES string of the molecule is CC1C(=O)Nc2nnccc21. The van der Waals surface area contributed by atoms with E-state index in [9.17, 15) is 4.79 Å². The number of fused-ring (bicyclic) bond motifs is 1. The molecule has 1 aromatic heterocycles. The molecule has 56 valence electrons. The Labute approximate surface area is 63.6 Å². The van der Waals surface area contributed by atoms with Gasteiger partial charge in [-0.1, -0.05) is 0 Å². The molecule has 0 bridgehead atoms. The normalized spacial score (nSPS) is 21.2. The average molecular weight is 149 g/mol. The molecule has 11 heavy (non-hydrogen) atoms. The smallest absolute Gasteiger partial charge is 0.232 e. The summed E-state index contributed by atoms with van der Waals surface area (Å²) in [6, 6.07) is 1.81. The van der Waals surface area contributed by atoms with E-state index >= 15 is 0 Å². The van der Waals surface area contributed by atoms with Gasteiger partial charge in [-0.25, -0.2) is 0 Å². The summed E-state index contributed by atoms with van der Waals surface area (Å²) in [7, 11) is 0. The third-order valence-corrected chi connectivity index (χ3v) is 1.85. The van der Waals surface area contributed by atoms with E-state index in [1.807, 2.05) is 13.0 Å². The molecule has 1 aliphatic heterocycles. The minimum absolute atomic E-state index is 0.000463. The highest BCUT2D eigenvalue weighted by molar-refractivity contribution is 6.01. The largest absolute Gasteiger partial charge is 0.308 e. The first-order chi connectivity index (χ1) is 5.29. The Morgan fingerprint density at radius 1 is 1.64 bits per heavy atom. The van der Waals surface area contributed by atoms with Crippen LogP contribution in [-0.4, -0.2) is 16.1 Å². The Kier molecular flexibility index (Phi) is 1.15. The van der Waals surface area contributed by atoms with Crippen molar-refractivity contribution in [3.63, 3.8) is 0 Å². The molecular formula is C7H7N3O. The van der Waals surface area contributed by atoms with E-state index in [2.05, 4.69) is 15.5 Å². The van der Waals surface area contributed by atoms with E-state index in [-0.39, 0.29) is 11.8 Å². The fourth-order valence-electron chi connectivity index (χ4n) is 1.15. The van der Waals surface area contributed by atoms with Gasteiger partial charge in [-0.05, 0) is 13.0 Å². The van der Waals surface area contributed by atoms with Gasteiger partial charge in [0.1, 0.15) is 0 Å². The highest BCUT2D eigenvalue weighted by atomic mass is 16.2. The van der Waals surface area contributed by atoms with Crippen LogP contribution in [0.15, 0.2) is 12.3 Å². The van der Waals surface area contributed by atoms with Crippen LogP contribution < -0.4 is 5.32 Å². The minimum atomic E-state index is -0.0829. The molecule has 0 radical (unpaired) electrons. The first kappa shape index (κ1) is 6.27. The maximum Gasteiger partial charge on any atom is 0.232 e. The lowest BCUT2D eigenvalue weighted by molar-refractivity contribution is -0.116. The van der Waals surface area contributed by atoms with Gasteiger partial charge in [-0.2, -0.15) is 5.10 Å². The van der Waals surface area contributed by atoms with Gasteiger partial charge in [0, 0.05) is 5.56 Å². The standard InChI is InChI=1S/C7H7N3O/c1-4-5-2-3-8-10-6(5)9-7(4)11/h2-4H,1H3,(H,9,10,11). The van der Waals surface area contributed by atoms with Gasteiger partial charge in [0.15, 0.2) is 5.82 Å². The Morgan fingerprint density at radius 2 is 2.45 bits per heavy atom. The molecule has 2 rings (SSSR count). The van der Waals surface area contributed by atoms with Crippen LogP contribution in [0.5, 0.6) is 0 Å². The van der Waals surface area contributed by atoms with Crippen molar-refractivity contribution in [3.05, 3.63) is 17.8 Å². The molecule has 1 aromatic rings. The zero-order chi connectivity index (χ0) is 7.84. The predicted octanol–water partition coefficient (Wildman–Crippen LogP) is 0.532. The quantitative estimate of drug-likeness (QED) is 0.585. The Balaban J connectivity index is 2.55. The van der Waals surface area contributed by atoms with Crippen LogP contribution in [0.3, 0.4) is 0 Å². The molecule has 0 fully saturated rings. The summed E-state index contributed by atoms with van der Waals surface area (Å²) in [6.07, 6.45) is 1.59. The van der Waals surface area contributed by atoms with Crippen molar-refractivity contribution in [3.8, 4) is 0 Å². The van der Waals surface area contributed by atoms with Crippen molar-refractivity contribution in [2.24, 2.45) is 0 Å². The number of carbonyl (C=O) groups excluding carboxylic acids is 1. The number of hydrogen-bond donors (Lipinski definition) is 1. The lowest BCUT2D eigenvalue weighted by Crippen LogP contribution is -2.08. The molecule has 0 saturated carbocycles. The fourth-order valence-corrected chi connectivity index (χ4v) is 1.15. The lowest BCUT2D eigenvalue weighted by Gasteiger charge is -1.95. The second-order valence-corrected chi connectivity index (χ2v) is 2.55. The summed E-state index contributed by atoms with van der Waals surface area (Å²) in [6.45, 7) is 1.85. The molecule has 4 nitrogen and oxygen atoms in total. The summed E-state index contributed by atoms with van der Waals surface area (Å²) in [5.41, 5.74) is 0.935. The van der Waals surface area contributed by atoms with E-state index in [1.54, 1.807) is 6.20 Å². The van der Waals surface area contributed by atoms with Crippen LogP contribution >= 0.6 is 0 Å². The molecule has 0 aliphatic carbocycles. The highest BCUT2D eigenvalue weighted by Gasteiger charge is 2.27. The third kappa shape index (κ3) is 0.790. The molecule has 0 aromatic carbocycles. The topological polar surface area (TPSA) is 54.9 Å². The van der Waals surface area contributed by atoms with E-state index < -0.39 is 0 Å². The minimum Gasteiger partial charge on any atom is -0.308 e. The molecule has 1 unspecified atom stereocenters. The van der Waals surface area contributed by atoms with Gasteiger partial charge in [-0.3, -0.25) is 4.79 Å². The third-order valence-electron chi connectivity index (χ3n) is 1.85. The van der Waals surface area contributed by atoms with Crippen molar-refractivity contribution in [2.45, 2.75) is 12.8 Å². The van der Waals surface area contributed by atoms with Crippen LogP contribution in [-0.2, 0) is 4.79 Å². The van der Waals surface area contributed by atoms with Crippen molar-refractivity contribution >= 4 is 11.7 Å². The predicted molar refractivity (Wildman–Crippen MR) is 39.1 cm³/mol. The van der Waals surface area contributed by atoms with Gasteiger partial charge < -0.3 is 5.32 Å². The number of rotatable bonds is 0. The van der Waals surface area contributed by atoms with Crippen LogP contribution in [0.25, 0.3) is 0 Å². The molecule has 4 heteroatoms. The van der Waals surface area contributed by atoms with E-state index in [4.69, 9.17) is 0 Å². The van der Waals surface area contributed by atoms with Crippen molar-refractivity contribution in [1.29, 1.82) is 0 Å². The molecular weight excluding hydrogens is 142 g/mol. The molecule has 0 saturated heterocycles. The first-order valence-electron chi connectivity index (χ1n) is 3.41. The summed E-state index contributed by atoms with van der Waals surface area (Å²) in [5, 5.41) is 10.1. The summed E-state index contributed by atoms with van der Waals surface area (Å²) < 4.78 is 0. The lowest BCUT2D eigenvalue weighted by atomic mass is 10.1. The monoisotopic (exact) mass is 149 g/mol. The summed E-state index contributed by atoms with van der Waals surface area (Å²) in [5.74, 6) is 0.519. The summed E-state index contributed by atoms with van der Waals surface area (Å²) in [4.78, 5) is 11.1. The second-order valence-electron chi connectivity index (χ2n) is 2.55. The van der Waals surface area contributed by atoms with Gasteiger partial charge >= 0.3 is 0 Å². The van der Waals surface area contributed by atoms with Gasteiger partial charge in [-0.15, -0.1) is 5.10 Å². The zero-order valence-corrected chi connectivity index (χ0v) is 6.03. The van der Waals surface area contributed by atoms with E-state index in [1.165, 1.54) is 0 Å². The van der Waals surface area contributed by atoms with Crippen LogP contribution in [0.4, 0.5) is 5.82 Å². The number of aromatic nitrogens is 2. The van der Waals surface area contributed by atoms with E-state index in [0.29, 0.717) is 5.82 Å². The molecule has 1 atom stereocenters. The van der Waals surface area contributed by atoms with E-state index in [0.717, 1.165) is 5.56 Å². The molecule has 1 aliphatic rings. The van der Waals surface area contributed by atoms with Crippen LogP contribution in [0.1, 0.15) is 18.4 Å².